The average molecular weight is 361 g/mol. The van der Waals surface area contributed by atoms with Crippen molar-refractivity contribution in [3.05, 3.63) is 45.8 Å². The summed E-state index contributed by atoms with van der Waals surface area (Å²) in [6.45, 7) is 7.73. The molecule has 0 N–H and O–H groups in total. The van der Waals surface area contributed by atoms with Crippen LogP contribution in [0.2, 0.25) is 0 Å². The molecule has 2 aromatic heterocycles. The molecule has 2 saturated heterocycles. The highest BCUT2D eigenvalue weighted by Crippen LogP contribution is 2.50. The Morgan fingerprint density at radius 1 is 1.33 bits per heavy atom. The van der Waals surface area contributed by atoms with Gasteiger partial charge in [-0.2, -0.15) is 0 Å². The summed E-state index contributed by atoms with van der Waals surface area (Å²) >= 11 is 3.34. The minimum absolute atomic E-state index is 0.180. The van der Waals surface area contributed by atoms with Crippen LogP contribution in [0, 0.1) is 5.41 Å². The van der Waals surface area contributed by atoms with Crippen LogP contribution in [-0.2, 0) is 11.3 Å². The summed E-state index contributed by atoms with van der Waals surface area (Å²) < 4.78 is 0. The maximum Gasteiger partial charge on any atom is 0.231 e. The van der Waals surface area contributed by atoms with Gasteiger partial charge >= 0.3 is 0 Å². The first-order valence-electron chi connectivity index (χ1n) is 8.13. The second-order valence-corrected chi connectivity index (χ2v) is 8.37. The molecule has 2 aliphatic heterocycles. The summed E-state index contributed by atoms with van der Waals surface area (Å²) in [5.41, 5.74) is -0.335. The van der Waals surface area contributed by atoms with Crippen LogP contribution in [0.5, 0.6) is 0 Å². The Hall–Kier alpha value is -1.57. The van der Waals surface area contributed by atoms with Gasteiger partial charge in [0.15, 0.2) is 0 Å². The van der Waals surface area contributed by atoms with Crippen molar-refractivity contribution < 1.29 is 4.79 Å². The number of aromatic nitrogens is 2. The number of thiazole rings is 2. The first-order chi connectivity index (χ1) is 11.7. The van der Waals surface area contributed by atoms with Crippen molar-refractivity contribution in [2.45, 2.75) is 18.9 Å². The van der Waals surface area contributed by atoms with Crippen LogP contribution in [0.4, 0.5) is 0 Å². The Labute approximate surface area is 149 Å². The lowest BCUT2D eigenvalue weighted by molar-refractivity contribution is -0.135. The molecular weight excluding hydrogens is 340 g/mol. The minimum Gasteiger partial charge on any atom is -0.338 e. The van der Waals surface area contributed by atoms with Crippen molar-refractivity contribution in [2.75, 3.05) is 26.2 Å². The van der Waals surface area contributed by atoms with E-state index in [9.17, 15) is 4.79 Å². The normalized spacial score (nSPS) is 27.4. The summed E-state index contributed by atoms with van der Waals surface area (Å²) in [4.78, 5) is 26.5. The first-order valence-corrected chi connectivity index (χ1v) is 9.89. The molecular formula is C17H20N4OS2. The molecule has 5 nitrogen and oxygen atoms in total. The zero-order valence-corrected chi connectivity index (χ0v) is 15.1. The van der Waals surface area contributed by atoms with Gasteiger partial charge in [0.2, 0.25) is 5.91 Å². The van der Waals surface area contributed by atoms with E-state index in [-0.39, 0.29) is 17.2 Å². The Kier molecular flexibility index (Phi) is 4.24. The van der Waals surface area contributed by atoms with Crippen molar-refractivity contribution in [1.29, 1.82) is 0 Å². The Morgan fingerprint density at radius 3 is 2.88 bits per heavy atom. The van der Waals surface area contributed by atoms with Gasteiger partial charge in [0.25, 0.3) is 0 Å². The molecule has 24 heavy (non-hydrogen) atoms. The maximum atomic E-state index is 13.2. The fourth-order valence-corrected chi connectivity index (χ4v) is 5.53. The SMILES string of the molecule is C=CCN1CCC2(CN(Cc3nccs3)CC2c2nccs2)C1=O. The third kappa shape index (κ3) is 2.60. The largest absolute Gasteiger partial charge is 0.338 e. The molecule has 0 aliphatic carbocycles. The number of nitrogens with zero attached hydrogens (tertiary/aromatic N) is 4. The number of carbonyl (C=O) groups is 1. The van der Waals surface area contributed by atoms with Gasteiger partial charge in [-0.05, 0) is 6.42 Å². The lowest BCUT2D eigenvalue weighted by Gasteiger charge is -2.27. The highest BCUT2D eigenvalue weighted by atomic mass is 32.1. The highest BCUT2D eigenvalue weighted by molar-refractivity contribution is 7.09. The zero-order chi connectivity index (χ0) is 16.6. The van der Waals surface area contributed by atoms with Crippen LogP contribution in [-0.4, -0.2) is 51.9 Å². The third-order valence-electron chi connectivity index (χ3n) is 5.10. The molecule has 2 atom stereocenters. The molecule has 0 bridgehead atoms. The summed E-state index contributed by atoms with van der Waals surface area (Å²) in [7, 11) is 0. The first kappa shape index (κ1) is 15.9. The molecule has 1 amide bonds. The molecule has 2 aromatic rings. The van der Waals surface area contributed by atoms with Gasteiger partial charge in [0.1, 0.15) is 5.01 Å². The highest BCUT2D eigenvalue weighted by Gasteiger charge is 2.57. The standard InChI is InChI=1S/C17H20N4OS2/c1-2-6-21-7-3-17(16(21)22)12-20(11-14-18-4-8-23-14)10-13(17)15-19-5-9-24-15/h2,4-5,8-9,13H,1,3,6-7,10-12H2. The van der Waals surface area contributed by atoms with E-state index in [2.05, 4.69) is 21.4 Å². The van der Waals surface area contributed by atoms with Crippen molar-refractivity contribution in [1.82, 2.24) is 19.8 Å². The number of hydrogen-bond donors (Lipinski definition) is 0. The van der Waals surface area contributed by atoms with Crippen LogP contribution in [0.25, 0.3) is 0 Å². The number of hydrogen-bond acceptors (Lipinski definition) is 6. The minimum atomic E-state index is -0.335. The van der Waals surface area contributed by atoms with Crippen molar-refractivity contribution >= 4 is 28.6 Å². The van der Waals surface area contributed by atoms with Crippen LogP contribution in [0.3, 0.4) is 0 Å². The molecule has 4 heterocycles. The topological polar surface area (TPSA) is 49.3 Å². The van der Waals surface area contributed by atoms with Crippen LogP contribution in [0.15, 0.2) is 35.8 Å². The fourth-order valence-electron chi connectivity index (χ4n) is 4.03. The number of amides is 1. The van der Waals surface area contributed by atoms with E-state index in [1.165, 1.54) is 0 Å². The van der Waals surface area contributed by atoms with Crippen LogP contribution in [0.1, 0.15) is 22.4 Å². The predicted octanol–water partition coefficient (Wildman–Crippen LogP) is 2.60. The summed E-state index contributed by atoms with van der Waals surface area (Å²) in [6, 6.07) is 0. The number of rotatable bonds is 5. The molecule has 0 saturated carbocycles. The van der Waals surface area contributed by atoms with Gasteiger partial charge in [0.05, 0.1) is 17.0 Å². The van der Waals surface area contributed by atoms with Crippen molar-refractivity contribution in [3.63, 3.8) is 0 Å². The molecule has 0 radical (unpaired) electrons. The predicted molar refractivity (Wildman–Crippen MR) is 96.1 cm³/mol. The van der Waals surface area contributed by atoms with Crippen molar-refractivity contribution in [3.8, 4) is 0 Å². The van der Waals surface area contributed by atoms with E-state index < -0.39 is 0 Å². The van der Waals surface area contributed by atoms with Gasteiger partial charge in [-0.1, -0.05) is 6.08 Å². The number of carbonyl (C=O) groups excluding carboxylic acids is 1. The van der Waals surface area contributed by atoms with E-state index in [0.717, 1.165) is 42.6 Å². The lowest BCUT2D eigenvalue weighted by Crippen LogP contribution is -2.39. The lowest BCUT2D eigenvalue weighted by atomic mass is 9.77. The summed E-state index contributed by atoms with van der Waals surface area (Å²) in [5.74, 6) is 0.448. The Morgan fingerprint density at radius 2 is 2.17 bits per heavy atom. The van der Waals surface area contributed by atoms with E-state index in [4.69, 9.17) is 0 Å². The molecule has 4 rings (SSSR count). The quantitative estimate of drug-likeness (QED) is 0.769. The molecule has 0 aromatic carbocycles. The van der Waals surface area contributed by atoms with Gasteiger partial charge < -0.3 is 4.90 Å². The summed E-state index contributed by atoms with van der Waals surface area (Å²) in [5, 5.41) is 6.21. The average Bonchev–Trinajstić information content (AvgIpc) is 3.34. The second kappa shape index (κ2) is 6.38. The molecule has 1 spiro atoms. The number of likely N-dealkylation sites (tertiary alicyclic amines) is 2. The van der Waals surface area contributed by atoms with Crippen molar-refractivity contribution in [2.24, 2.45) is 5.41 Å². The third-order valence-corrected chi connectivity index (χ3v) is 6.75. The Balaban J connectivity index is 1.62. The molecule has 126 valence electrons. The summed E-state index contributed by atoms with van der Waals surface area (Å²) in [6.07, 6.45) is 6.41. The van der Waals surface area contributed by atoms with Crippen LogP contribution >= 0.6 is 22.7 Å². The second-order valence-electron chi connectivity index (χ2n) is 6.46. The molecule has 2 aliphatic rings. The van der Waals surface area contributed by atoms with E-state index >= 15 is 0 Å². The van der Waals surface area contributed by atoms with E-state index in [0.29, 0.717) is 6.54 Å². The van der Waals surface area contributed by atoms with Gasteiger partial charge in [-0.15, -0.1) is 29.3 Å². The molecule has 2 fully saturated rings. The van der Waals surface area contributed by atoms with Gasteiger partial charge in [-0.25, -0.2) is 9.97 Å². The zero-order valence-electron chi connectivity index (χ0n) is 13.4. The van der Waals surface area contributed by atoms with E-state index in [1.807, 2.05) is 34.1 Å². The van der Waals surface area contributed by atoms with Gasteiger partial charge in [-0.3, -0.25) is 9.69 Å². The maximum absolute atomic E-state index is 13.2. The fraction of sp³-hybridized carbons (Fsp3) is 0.471. The smallest absolute Gasteiger partial charge is 0.231 e. The van der Waals surface area contributed by atoms with Crippen LogP contribution < -0.4 is 0 Å². The Bertz CT molecular complexity index is 715. The monoisotopic (exact) mass is 360 g/mol. The molecule has 7 heteroatoms. The van der Waals surface area contributed by atoms with Gasteiger partial charge in [0, 0.05) is 55.3 Å². The molecule has 2 unspecified atom stereocenters. The van der Waals surface area contributed by atoms with E-state index in [1.54, 1.807) is 22.7 Å².